The molecule has 1 heterocycles. The number of phenols is 2. The minimum atomic E-state index is -0.297. The highest BCUT2D eigenvalue weighted by atomic mass is 16.5. The van der Waals surface area contributed by atoms with Gasteiger partial charge in [0.05, 0.1) is 5.60 Å². The Balaban J connectivity index is 2.04. The average molecular weight is 265 g/mol. The summed E-state index contributed by atoms with van der Waals surface area (Å²) in [4.78, 5) is 12.1. The Morgan fingerprint density at radius 3 is 2.53 bits per heavy atom. The number of aromatic hydroxyl groups is 2. The number of rotatable bonds is 2. The minimum absolute atomic E-state index is 0.0424. The van der Waals surface area contributed by atoms with E-state index in [2.05, 4.69) is 5.32 Å². The molecule has 5 nitrogen and oxygen atoms in total. The first-order valence-corrected chi connectivity index (χ1v) is 6.33. The molecule has 0 aliphatic carbocycles. The fraction of sp³-hybridized carbons (Fsp3) is 0.500. The SMILES string of the molecule is CC1(C)CC(NC(=O)c2cc(O)cc(O)c2)CCO1. The second-order valence-corrected chi connectivity index (χ2v) is 5.51. The van der Waals surface area contributed by atoms with Gasteiger partial charge < -0.3 is 20.3 Å². The first-order valence-electron chi connectivity index (χ1n) is 6.33. The lowest BCUT2D eigenvalue weighted by atomic mass is 9.94. The number of hydrogen-bond acceptors (Lipinski definition) is 4. The van der Waals surface area contributed by atoms with Gasteiger partial charge in [-0.15, -0.1) is 0 Å². The first-order chi connectivity index (χ1) is 8.85. The van der Waals surface area contributed by atoms with E-state index in [-0.39, 0.29) is 34.6 Å². The summed E-state index contributed by atoms with van der Waals surface area (Å²) in [6, 6.07) is 3.90. The summed E-state index contributed by atoms with van der Waals surface area (Å²) < 4.78 is 5.59. The lowest BCUT2D eigenvalue weighted by molar-refractivity contribution is -0.0615. The van der Waals surface area contributed by atoms with Crippen LogP contribution in [0.3, 0.4) is 0 Å². The number of ether oxygens (including phenoxy) is 1. The summed E-state index contributed by atoms with van der Waals surface area (Å²) in [5, 5.41) is 21.6. The minimum Gasteiger partial charge on any atom is -0.508 e. The fourth-order valence-corrected chi connectivity index (χ4v) is 2.35. The molecule has 0 saturated carbocycles. The van der Waals surface area contributed by atoms with Gasteiger partial charge in [-0.2, -0.15) is 0 Å². The maximum atomic E-state index is 12.1. The van der Waals surface area contributed by atoms with Crippen LogP contribution in [0, 0.1) is 0 Å². The Hall–Kier alpha value is -1.75. The molecule has 0 bridgehead atoms. The molecule has 0 radical (unpaired) electrons. The molecule has 1 aromatic rings. The zero-order valence-electron chi connectivity index (χ0n) is 11.1. The van der Waals surface area contributed by atoms with Gasteiger partial charge in [-0.25, -0.2) is 0 Å². The molecule has 1 unspecified atom stereocenters. The van der Waals surface area contributed by atoms with E-state index in [4.69, 9.17) is 4.74 Å². The van der Waals surface area contributed by atoms with Crippen molar-refractivity contribution < 1.29 is 19.7 Å². The number of carbonyl (C=O) groups is 1. The van der Waals surface area contributed by atoms with Crippen molar-refractivity contribution in [3.63, 3.8) is 0 Å². The van der Waals surface area contributed by atoms with E-state index >= 15 is 0 Å². The summed E-state index contributed by atoms with van der Waals surface area (Å²) in [7, 11) is 0. The number of nitrogens with one attached hydrogen (secondary N) is 1. The smallest absolute Gasteiger partial charge is 0.251 e. The van der Waals surface area contributed by atoms with E-state index in [1.165, 1.54) is 18.2 Å². The lowest BCUT2D eigenvalue weighted by Gasteiger charge is -2.35. The standard InChI is InChI=1S/C14H19NO4/c1-14(2)8-10(3-4-19-14)15-13(18)9-5-11(16)7-12(17)6-9/h5-7,10,16-17H,3-4,8H2,1-2H3,(H,15,18). The molecule has 5 heteroatoms. The van der Waals surface area contributed by atoms with Crippen molar-refractivity contribution in [3.05, 3.63) is 23.8 Å². The van der Waals surface area contributed by atoms with Gasteiger partial charge in [0.15, 0.2) is 0 Å². The maximum absolute atomic E-state index is 12.1. The van der Waals surface area contributed by atoms with Crippen LogP contribution in [0.25, 0.3) is 0 Å². The van der Waals surface area contributed by atoms with Gasteiger partial charge in [-0.1, -0.05) is 0 Å². The molecule has 0 aromatic heterocycles. The average Bonchev–Trinajstić information content (AvgIpc) is 2.26. The van der Waals surface area contributed by atoms with Crippen molar-refractivity contribution in [2.24, 2.45) is 0 Å². The zero-order valence-corrected chi connectivity index (χ0v) is 11.1. The first kappa shape index (κ1) is 13.7. The second-order valence-electron chi connectivity index (χ2n) is 5.51. The van der Waals surface area contributed by atoms with Crippen molar-refractivity contribution >= 4 is 5.91 Å². The van der Waals surface area contributed by atoms with Crippen LogP contribution < -0.4 is 5.32 Å². The predicted octanol–water partition coefficient (Wildman–Crippen LogP) is 1.79. The summed E-state index contributed by atoms with van der Waals surface area (Å²) in [5.41, 5.74) is 0.0127. The fourth-order valence-electron chi connectivity index (χ4n) is 2.35. The third-order valence-electron chi connectivity index (χ3n) is 3.20. The summed E-state index contributed by atoms with van der Waals surface area (Å²) >= 11 is 0. The normalized spacial score (nSPS) is 21.9. The Kier molecular flexibility index (Phi) is 3.66. The Labute approximate surface area is 112 Å². The molecule has 3 N–H and O–H groups in total. The van der Waals surface area contributed by atoms with Gasteiger partial charge in [-0.3, -0.25) is 4.79 Å². The van der Waals surface area contributed by atoms with Crippen LogP contribution in [0.4, 0.5) is 0 Å². The van der Waals surface area contributed by atoms with Gasteiger partial charge in [0, 0.05) is 24.3 Å². The monoisotopic (exact) mass is 265 g/mol. The maximum Gasteiger partial charge on any atom is 0.251 e. The lowest BCUT2D eigenvalue weighted by Crippen LogP contribution is -2.45. The van der Waals surface area contributed by atoms with Gasteiger partial charge in [0.25, 0.3) is 5.91 Å². The molecule has 1 aromatic carbocycles. The number of carbonyl (C=O) groups excluding carboxylic acids is 1. The number of hydrogen-bond donors (Lipinski definition) is 3. The molecule has 1 amide bonds. The van der Waals surface area contributed by atoms with Crippen LogP contribution >= 0.6 is 0 Å². The highest BCUT2D eigenvalue weighted by Gasteiger charge is 2.29. The van der Waals surface area contributed by atoms with Gasteiger partial charge in [-0.05, 0) is 38.8 Å². The summed E-state index contributed by atoms with van der Waals surface area (Å²) in [5.74, 6) is -0.552. The molecule has 0 spiro atoms. The van der Waals surface area contributed by atoms with Crippen molar-refractivity contribution in [2.75, 3.05) is 6.61 Å². The zero-order chi connectivity index (χ0) is 14.0. The highest BCUT2D eigenvalue weighted by Crippen LogP contribution is 2.25. The molecule has 1 atom stereocenters. The predicted molar refractivity (Wildman–Crippen MR) is 70.3 cm³/mol. The third-order valence-corrected chi connectivity index (χ3v) is 3.20. The van der Waals surface area contributed by atoms with Crippen LogP contribution in [0.15, 0.2) is 18.2 Å². The van der Waals surface area contributed by atoms with Gasteiger partial charge >= 0.3 is 0 Å². The van der Waals surface area contributed by atoms with Crippen LogP contribution in [-0.4, -0.2) is 34.4 Å². The molecule has 1 fully saturated rings. The van der Waals surface area contributed by atoms with Crippen LogP contribution in [0.5, 0.6) is 11.5 Å². The van der Waals surface area contributed by atoms with Crippen LogP contribution in [-0.2, 0) is 4.74 Å². The molecule has 1 aliphatic rings. The molecule has 1 saturated heterocycles. The molecule has 19 heavy (non-hydrogen) atoms. The number of benzene rings is 1. The second kappa shape index (κ2) is 5.09. The van der Waals surface area contributed by atoms with Crippen molar-refractivity contribution in [1.82, 2.24) is 5.32 Å². The van der Waals surface area contributed by atoms with E-state index in [0.717, 1.165) is 12.8 Å². The Morgan fingerprint density at radius 2 is 1.95 bits per heavy atom. The number of amides is 1. The summed E-state index contributed by atoms with van der Waals surface area (Å²) in [6.07, 6.45) is 1.50. The van der Waals surface area contributed by atoms with E-state index in [0.29, 0.717) is 6.61 Å². The largest absolute Gasteiger partial charge is 0.508 e. The van der Waals surface area contributed by atoms with E-state index < -0.39 is 0 Å². The number of phenolic OH excluding ortho intramolecular Hbond substituents is 2. The van der Waals surface area contributed by atoms with Crippen molar-refractivity contribution in [1.29, 1.82) is 0 Å². The van der Waals surface area contributed by atoms with Gasteiger partial charge in [0.2, 0.25) is 0 Å². The molecular weight excluding hydrogens is 246 g/mol. The third kappa shape index (κ3) is 3.61. The van der Waals surface area contributed by atoms with E-state index in [1.807, 2.05) is 13.8 Å². The van der Waals surface area contributed by atoms with Gasteiger partial charge in [0.1, 0.15) is 11.5 Å². The van der Waals surface area contributed by atoms with E-state index in [9.17, 15) is 15.0 Å². The Bertz CT molecular complexity index is 464. The van der Waals surface area contributed by atoms with E-state index in [1.54, 1.807) is 0 Å². The van der Waals surface area contributed by atoms with Crippen LogP contribution in [0.1, 0.15) is 37.0 Å². The van der Waals surface area contributed by atoms with Crippen LogP contribution in [0.2, 0.25) is 0 Å². The Morgan fingerprint density at radius 1 is 1.32 bits per heavy atom. The summed E-state index contributed by atoms with van der Waals surface area (Å²) in [6.45, 7) is 4.60. The highest BCUT2D eigenvalue weighted by molar-refractivity contribution is 5.95. The molecular formula is C14H19NO4. The molecule has 104 valence electrons. The van der Waals surface area contributed by atoms with Crippen molar-refractivity contribution in [2.45, 2.75) is 38.3 Å². The topological polar surface area (TPSA) is 78.8 Å². The molecule has 2 rings (SSSR count). The molecule has 1 aliphatic heterocycles. The van der Waals surface area contributed by atoms with Crippen molar-refractivity contribution in [3.8, 4) is 11.5 Å². The quantitative estimate of drug-likeness (QED) is 0.761.